The van der Waals surface area contributed by atoms with Gasteiger partial charge in [0.15, 0.2) is 0 Å². The molecule has 2 atom stereocenters. The van der Waals surface area contributed by atoms with Gasteiger partial charge in [-0.1, -0.05) is 54.6 Å². The molecule has 0 saturated carbocycles. The van der Waals surface area contributed by atoms with E-state index in [1.54, 1.807) is 19.1 Å². The third kappa shape index (κ3) is 10.1. The number of ether oxygens (including phenoxy) is 7. The summed E-state index contributed by atoms with van der Waals surface area (Å²) >= 11 is 0. The van der Waals surface area contributed by atoms with Gasteiger partial charge in [0, 0.05) is 38.8 Å². The van der Waals surface area contributed by atoms with Gasteiger partial charge in [0.25, 0.3) is 0 Å². The van der Waals surface area contributed by atoms with Gasteiger partial charge in [0.2, 0.25) is 0 Å². The molecular weight excluding hydrogens is 648 g/mol. The van der Waals surface area contributed by atoms with Crippen molar-refractivity contribution in [3.05, 3.63) is 114 Å². The number of amides is 1. The largest absolute Gasteiger partial charge is 0.497 e. The molecule has 4 aromatic rings. The van der Waals surface area contributed by atoms with Gasteiger partial charge in [-0.05, 0) is 65.9 Å². The fourth-order valence-electron chi connectivity index (χ4n) is 6.51. The minimum absolute atomic E-state index is 0.0834. The second kappa shape index (κ2) is 18.3. The molecule has 0 N–H and O–H groups in total. The van der Waals surface area contributed by atoms with Crippen molar-refractivity contribution in [3.63, 3.8) is 0 Å². The molecule has 2 heterocycles. The zero-order valence-corrected chi connectivity index (χ0v) is 29.5. The van der Waals surface area contributed by atoms with E-state index in [9.17, 15) is 4.79 Å². The molecule has 10 nitrogen and oxygen atoms in total. The normalized spacial score (nSPS) is 16.9. The first kappa shape index (κ1) is 35.9. The Balaban J connectivity index is 1.10. The zero-order chi connectivity index (χ0) is 35.3. The molecule has 1 amide bonds. The van der Waals surface area contributed by atoms with Crippen molar-refractivity contribution in [2.45, 2.75) is 38.1 Å². The van der Waals surface area contributed by atoms with Crippen LogP contribution in [0.1, 0.15) is 35.4 Å². The van der Waals surface area contributed by atoms with Crippen molar-refractivity contribution in [1.29, 1.82) is 0 Å². The van der Waals surface area contributed by atoms with Crippen LogP contribution in [0.3, 0.4) is 0 Å². The molecule has 0 spiro atoms. The molecule has 0 bridgehead atoms. The molecule has 2 aliphatic rings. The summed E-state index contributed by atoms with van der Waals surface area (Å²) in [7, 11) is 3.37. The maximum atomic E-state index is 13.2. The number of piperidine rings is 1. The molecule has 10 heteroatoms. The van der Waals surface area contributed by atoms with Crippen LogP contribution in [-0.2, 0) is 27.4 Å². The molecule has 1 fully saturated rings. The first-order chi connectivity index (χ1) is 25.1. The Bertz CT molecular complexity index is 1670. The van der Waals surface area contributed by atoms with Crippen LogP contribution >= 0.6 is 0 Å². The summed E-state index contributed by atoms with van der Waals surface area (Å²) in [5, 5.41) is 0. The Labute approximate surface area is 300 Å². The second-order valence-corrected chi connectivity index (χ2v) is 12.7. The molecular formula is C41H48N2O8. The number of nitrogens with zero attached hydrogens (tertiary/aromatic N) is 2. The highest BCUT2D eigenvalue weighted by Gasteiger charge is 2.34. The van der Waals surface area contributed by atoms with E-state index in [2.05, 4.69) is 29.2 Å². The lowest BCUT2D eigenvalue weighted by Crippen LogP contribution is -2.47. The van der Waals surface area contributed by atoms with Gasteiger partial charge in [0.05, 0.1) is 38.6 Å². The number of hydrogen-bond donors (Lipinski definition) is 0. The lowest BCUT2D eigenvalue weighted by atomic mass is 9.87. The van der Waals surface area contributed by atoms with Crippen LogP contribution in [0.4, 0.5) is 10.5 Å². The van der Waals surface area contributed by atoms with E-state index >= 15 is 0 Å². The molecule has 2 unspecified atom stereocenters. The van der Waals surface area contributed by atoms with Crippen LogP contribution in [0.5, 0.6) is 23.0 Å². The monoisotopic (exact) mass is 696 g/mol. The van der Waals surface area contributed by atoms with Crippen molar-refractivity contribution in [2.24, 2.45) is 0 Å². The van der Waals surface area contributed by atoms with Crippen LogP contribution < -0.4 is 23.8 Å². The molecule has 6 rings (SSSR count). The number of hydrogen-bond acceptors (Lipinski definition) is 9. The smallest absolute Gasteiger partial charge is 0.410 e. The van der Waals surface area contributed by atoms with Gasteiger partial charge in [-0.15, -0.1) is 0 Å². The maximum absolute atomic E-state index is 13.2. The Kier molecular flexibility index (Phi) is 12.9. The summed E-state index contributed by atoms with van der Waals surface area (Å²) in [6, 6.07) is 31.7. The lowest BCUT2D eigenvalue weighted by Gasteiger charge is -2.38. The van der Waals surface area contributed by atoms with E-state index in [1.165, 1.54) is 0 Å². The number of anilines is 1. The number of benzene rings is 4. The van der Waals surface area contributed by atoms with Crippen molar-refractivity contribution in [3.8, 4) is 23.0 Å². The van der Waals surface area contributed by atoms with Gasteiger partial charge in [-0.2, -0.15) is 0 Å². The third-order valence-corrected chi connectivity index (χ3v) is 9.22. The molecule has 4 aromatic carbocycles. The first-order valence-electron chi connectivity index (χ1n) is 17.7. The second-order valence-electron chi connectivity index (χ2n) is 12.7. The van der Waals surface area contributed by atoms with Gasteiger partial charge in [-0.25, -0.2) is 4.79 Å². The maximum Gasteiger partial charge on any atom is 0.410 e. The molecule has 1 saturated heterocycles. The van der Waals surface area contributed by atoms with Crippen molar-refractivity contribution in [2.75, 3.05) is 71.7 Å². The summed E-state index contributed by atoms with van der Waals surface area (Å²) in [5.41, 5.74) is 4.23. The van der Waals surface area contributed by atoms with Crippen LogP contribution in [0.2, 0.25) is 0 Å². The highest BCUT2D eigenvalue weighted by Crippen LogP contribution is 2.35. The minimum Gasteiger partial charge on any atom is -0.497 e. The first-order valence-corrected chi connectivity index (χ1v) is 17.7. The lowest BCUT2D eigenvalue weighted by molar-refractivity contribution is -0.0246. The molecule has 51 heavy (non-hydrogen) atoms. The van der Waals surface area contributed by atoms with Crippen LogP contribution in [-0.4, -0.2) is 83.9 Å². The van der Waals surface area contributed by atoms with Gasteiger partial charge >= 0.3 is 6.09 Å². The summed E-state index contributed by atoms with van der Waals surface area (Å²) in [5.74, 6) is 3.22. The van der Waals surface area contributed by atoms with Crippen molar-refractivity contribution in [1.82, 2.24) is 4.90 Å². The van der Waals surface area contributed by atoms with E-state index in [1.807, 2.05) is 72.8 Å². The summed E-state index contributed by atoms with van der Waals surface area (Å²) in [4.78, 5) is 17.3. The van der Waals surface area contributed by atoms with Crippen LogP contribution in [0.15, 0.2) is 97.1 Å². The fraction of sp³-hybridized carbons (Fsp3) is 0.390. The number of likely N-dealkylation sites (tertiary alicyclic amines) is 1. The Morgan fingerprint density at radius 3 is 2.39 bits per heavy atom. The number of carbonyl (C=O) groups excluding carboxylic acids is 1. The minimum atomic E-state index is -0.330. The predicted molar refractivity (Wildman–Crippen MR) is 195 cm³/mol. The van der Waals surface area contributed by atoms with E-state index in [4.69, 9.17) is 33.2 Å². The third-order valence-electron chi connectivity index (χ3n) is 9.22. The summed E-state index contributed by atoms with van der Waals surface area (Å²) < 4.78 is 40.7. The quantitative estimate of drug-likeness (QED) is 0.114. The van der Waals surface area contributed by atoms with E-state index < -0.39 is 0 Å². The highest BCUT2D eigenvalue weighted by molar-refractivity contribution is 5.68. The number of rotatable bonds is 16. The van der Waals surface area contributed by atoms with E-state index in [0.29, 0.717) is 46.1 Å². The summed E-state index contributed by atoms with van der Waals surface area (Å²) in [6.07, 6.45) is 1.11. The fourth-order valence-corrected chi connectivity index (χ4v) is 6.51. The highest BCUT2D eigenvalue weighted by atomic mass is 16.6. The molecule has 0 aromatic heterocycles. The molecule has 2 aliphatic heterocycles. The SMILES string of the molecule is COCCCN1CCOc2ccc(COC3CN(C(=O)OCc4ccccc4)CCC3c3ccc(OCCOc4cccc(OC)c4)cc3)cc21. The van der Waals surface area contributed by atoms with Crippen molar-refractivity contribution >= 4 is 11.8 Å². The van der Waals surface area contributed by atoms with E-state index in [0.717, 1.165) is 71.3 Å². The van der Waals surface area contributed by atoms with Crippen LogP contribution in [0, 0.1) is 0 Å². The Hall–Kier alpha value is -4.93. The Morgan fingerprint density at radius 1 is 0.784 bits per heavy atom. The number of carbonyl (C=O) groups is 1. The van der Waals surface area contributed by atoms with Gasteiger partial charge in [0.1, 0.15) is 49.4 Å². The van der Waals surface area contributed by atoms with E-state index in [-0.39, 0.29) is 24.7 Å². The number of methoxy groups -OCH3 is 2. The van der Waals surface area contributed by atoms with Gasteiger partial charge < -0.3 is 43.0 Å². The number of fused-ring (bicyclic) bond motifs is 1. The topological polar surface area (TPSA) is 88.2 Å². The Morgan fingerprint density at radius 2 is 1.59 bits per heavy atom. The molecule has 0 aliphatic carbocycles. The predicted octanol–water partition coefficient (Wildman–Crippen LogP) is 7.10. The van der Waals surface area contributed by atoms with Crippen molar-refractivity contribution < 1.29 is 38.0 Å². The zero-order valence-electron chi connectivity index (χ0n) is 29.5. The molecule has 0 radical (unpaired) electrons. The standard InChI is InChI=1S/C41H48N2O8/c1-45-22-7-19-42-21-23-49-39-17-12-32(26-38(39)42)30-50-40-28-43(41(44)51-29-31-8-4-3-5-9-31)20-18-37(40)33-13-15-34(16-14-33)47-24-25-48-36-11-6-10-35(27-36)46-2/h3-6,8-17,26-27,37,40H,7,18-25,28-30H2,1-2H3. The van der Waals surface area contributed by atoms with Crippen LogP contribution in [0.25, 0.3) is 0 Å². The van der Waals surface area contributed by atoms with Gasteiger partial charge in [-0.3, -0.25) is 0 Å². The average molecular weight is 697 g/mol. The summed E-state index contributed by atoms with van der Waals surface area (Å²) in [6.45, 7) is 5.56. The molecule has 270 valence electrons. The average Bonchev–Trinajstić information content (AvgIpc) is 3.18.